The van der Waals surface area contributed by atoms with E-state index in [2.05, 4.69) is 12.2 Å². The molecule has 88 valence electrons. The molecular weight excluding hydrogens is 192 g/mol. The van der Waals surface area contributed by atoms with Gasteiger partial charge in [0.05, 0.1) is 12.7 Å². The number of carbonyl (C=O) groups excluding carboxylic acids is 1. The summed E-state index contributed by atoms with van der Waals surface area (Å²) in [6.45, 7) is 8.05. The van der Waals surface area contributed by atoms with E-state index in [4.69, 9.17) is 4.74 Å². The molecular formula is C11H22N2O2. The molecule has 4 heteroatoms. The molecule has 15 heavy (non-hydrogen) atoms. The predicted octanol–water partition coefficient (Wildman–Crippen LogP) is 0.623. The Morgan fingerprint density at radius 1 is 1.53 bits per heavy atom. The quantitative estimate of drug-likeness (QED) is 0.682. The van der Waals surface area contributed by atoms with Crippen LogP contribution >= 0.6 is 0 Å². The first-order chi connectivity index (χ1) is 7.27. The Hall–Kier alpha value is -0.610. The topological polar surface area (TPSA) is 41.6 Å². The van der Waals surface area contributed by atoms with Crippen molar-refractivity contribution in [3.63, 3.8) is 0 Å². The third kappa shape index (κ3) is 4.18. The summed E-state index contributed by atoms with van der Waals surface area (Å²) in [5.41, 5.74) is 0. The number of rotatable bonds is 5. The van der Waals surface area contributed by atoms with Gasteiger partial charge in [-0.05, 0) is 13.0 Å². The average Bonchev–Trinajstić information content (AvgIpc) is 2.29. The number of hydrogen-bond acceptors (Lipinski definition) is 3. The molecule has 1 amide bonds. The zero-order valence-corrected chi connectivity index (χ0v) is 9.79. The fraction of sp³-hybridized carbons (Fsp3) is 0.909. The molecule has 0 bridgehead atoms. The fourth-order valence-corrected chi connectivity index (χ4v) is 1.72. The molecule has 0 aromatic heterocycles. The molecule has 0 saturated carbocycles. The second kappa shape index (κ2) is 6.80. The third-order valence-corrected chi connectivity index (χ3v) is 2.71. The van der Waals surface area contributed by atoms with Crippen LogP contribution in [0.15, 0.2) is 0 Å². The van der Waals surface area contributed by atoms with Gasteiger partial charge in [-0.15, -0.1) is 0 Å². The van der Waals surface area contributed by atoms with Crippen LogP contribution in [0.5, 0.6) is 0 Å². The van der Waals surface area contributed by atoms with Gasteiger partial charge < -0.3 is 15.0 Å². The van der Waals surface area contributed by atoms with Gasteiger partial charge in [-0.1, -0.05) is 13.8 Å². The Morgan fingerprint density at radius 2 is 2.33 bits per heavy atom. The highest BCUT2D eigenvalue weighted by Gasteiger charge is 2.22. The highest BCUT2D eigenvalue weighted by Crippen LogP contribution is 2.09. The standard InChI is InChI=1S/C11H22N2O2/c1-3-10-9-13(7-8-15-10)11(14)5-6-12-4-2/h10,12H,3-9H2,1-2H3. The summed E-state index contributed by atoms with van der Waals surface area (Å²) in [5.74, 6) is 0.248. The molecule has 1 fully saturated rings. The van der Waals surface area contributed by atoms with Gasteiger partial charge in [-0.2, -0.15) is 0 Å². The smallest absolute Gasteiger partial charge is 0.224 e. The zero-order chi connectivity index (χ0) is 11.1. The van der Waals surface area contributed by atoms with Crippen molar-refractivity contribution in [3.8, 4) is 0 Å². The maximum atomic E-state index is 11.8. The molecule has 0 radical (unpaired) electrons. The third-order valence-electron chi connectivity index (χ3n) is 2.71. The van der Waals surface area contributed by atoms with E-state index in [0.29, 0.717) is 13.0 Å². The van der Waals surface area contributed by atoms with Crippen molar-refractivity contribution in [1.82, 2.24) is 10.2 Å². The van der Waals surface area contributed by atoms with E-state index in [-0.39, 0.29) is 12.0 Å². The molecule has 1 N–H and O–H groups in total. The zero-order valence-electron chi connectivity index (χ0n) is 9.79. The van der Waals surface area contributed by atoms with Crippen molar-refractivity contribution >= 4 is 5.91 Å². The Kier molecular flexibility index (Phi) is 5.65. The summed E-state index contributed by atoms with van der Waals surface area (Å²) in [5, 5.41) is 3.16. The SMILES string of the molecule is CCNCCC(=O)N1CCOC(CC)C1. The van der Waals surface area contributed by atoms with Gasteiger partial charge in [0, 0.05) is 26.1 Å². The molecule has 0 spiro atoms. The maximum absolute atomic E-state index is 11.8. The number of carbonyl (C=O) groups is 1. The first-order valence-corrected chi connectivity index (χ1v) is 5.88. The molecule has 1 rings (SSSR count). The second-order valence-electron chi connectivity index (χ2n) is 3.84. The van der Waals surface area contributed by atoms with Gasteiger partial charge in [0.25, 0.3) is 0 Å². The van der Waals surface area contributed by atoms with Gasteiger partial charge in [0.2, 0.25) is 5.91 Å². The number of hydrogen-bond donors (Lipinski definition) is 1. The normalized spacial score (nSPS) is 21.7. The van der Waals surface area contributed by atoms with Crippen LogP contribution in [0.25, 0.3) is 0 Å². The molecule has 0 aromatic carbocycles. The van der Waals surface area contributed by atoms with Crippen LogP contribution < -0.4 is 5.32 Å². The lowest BCUT2D eigenvalue weighted by atomic mass is 10.2. The number of morpholine rings is 1. The van der Waals surface area contributed by atoms with E-state index < -0.39 is 0 Å². The lowest BCUT2D eigenvalue weighted by Crippen LogP contribution is -2.46. The predicted molar refractivity (Wildman–Crippen MR) is 59.8 cm³/mol. The Bertz CT molecular complexity index is 197. The Balaban J connectivity index is 2.25. The number of nitrogens with one attached hydrogen (secondary N) is 1. The first-order valence-electron chi connectivity index (χ1n) is 5.88. The first kappa shape index (κ1) is 12.5. The molecule has 1 atom stereocenters. The molecule has 1 aliphatic heterocycles. The summed E-state index contributed by atoms with van der Waals surface area (Å²) in [6.07, 6.45) is 1.82. The van der Waals surface area contributed by atoms with Crippen LogP contribution in [-0.2, 0) is 9.53 Å². The van der Waals surface area contributed by atoms with Crippen molar-refractivity contribution in [2.24, 2.45) is 0 Å². The minimum Gasteiger partial charge on any atom is -0.375 e. The average molecular weight is 214 g/mol. The van der Waals surface area contributed by atoms with Crippen molar-refractivity contribution in [1.29, 1.82) is 0 Å². The van der Waals surface area contributed by atoms with Crippen molar-refractivity contribution in [2.45, 2.75) is 32.8 Å². The monoisotopic (exact) mass is 214 g/mol. The largest absolute Gasteiger partial charge is 0.375 e. The summed E-state index contributed by atoms with van der Waals surface area (Å²) in [6, 6.07) is 0. The highest BCUT2D eigenvalue weighted by molar-refractivity contribution is 5.76. The van der Waals surface area contributed by atoms with E-state index in [0.717, 1.165) is 32.6 Å². The van der Waals surface area contributed by atoms with Crippen molar-refractivity contribution in [3.05, 3.63) is 0 Å². The van der Waals surface area contributed by atoms with Crippen LogP contribution in [0.1, 0.15) is 26.7 Å². The number of nitrogens with zero attached hydrogens (tertiary/aromatic N) is 1. The van der Waals surface area contributed by atoms with Gasteiger partial charge in [-0.3, -0.25) is 4.79 Å². The van der Waals surface area contributed by atoms with E-state index in [1.54, 1.807) is 0 Å². The number of amides is 1. The summed E-state index contributed by atoms with van der Waals surface area (Å²) in [7, 11) is 0. The molecule has 4 nitrogen and oxygen atoms in total. The Labute approximate surface area is 92.0 Å². The minimum atomic E-state index is 0.238. The number of ether oxygens (including phenoxy) is 1. The van der Waals surface area contributed by atoms with Crippen LogP contribution in [0.4, 0.5) is 0 Å². The lowest BCUT2D eigenvalue weighted by molar-refractivity contribution is -0.138. The fourth-order valence-electron chi connectivity index (χ4n) is 1.72. The van der Waals surface area contributed by atoms with E-state index in [1.165, 1.54) is 0 Å². The lowest BCUT2D eigenvalue weighted by Gasteiger charge is -2.32. The van der Waals surface area contributed by atoms with Gasteiger partial charge >= 0.3 is 0 Å². The van der Waals surface area contributed by atoms with Crippen LogP contribution in [0.3, 0.4) is 0 Å². The van der Waals surface area contributed by atoms with Crippen LogP contribution in [0.2, 0.25) is 0 Å². The summed E-state index contributed by atoms with van der Waals surface area (Å²) < 4.78 is 5.52. The van der Waals surface area contributed by atoms with Gasteiger partial charge in [0.1, 0.15) is 0 Å². The van der Waals surface area contributed by atoms with E-state index >= 15 is 0 Å². The molecule has 1 aliphatic rings. The van der Waals surface area contributed by atoms with Gasteiger partial charge in [-0.25, -0.2) is 0 Å². The van der Waals surface area contributed by atoms with E-state index in [1.807, 2.05) is 11.8 Å². The van der Waals surface area contributed by atoms with Gasteiger partial charge in [0.15, 0.2) is 0 Å². The van der Waals surface area contributed by atoms with Crippen LogP contribution in [0, 0.1) is 0 Å². The van der Waals surface area contributed by atoms with Crippen molar-refractivity contribution in [2.75, 3.05) is 32.8 Å². The van der Waals surface area contributed by atoms with Crippen molar-refractivity contribution < 1.29 is 9.53 Å². The minimum absolute atomic E-state index is 0.238. The maximum Gasteiger partial charge on any atom is 0.224 e. The molecule has 0 aliphatic carbocycles. The molecule has 1 saturated heterocycles. The summed E-state index contributed by atoms with van der Waals surface area (Å²) >= 11 is 0. The Morgan fingerprint density at radius 3 is 3.00 bits per heavy atom. The molecule has 0 aromatic rings. The molecule has 1 heterocycles. The van der Waals surface area contributed by atoms with E-state index in [9.17, 15) is 4.79 Å². The van der Waals surface area contributed by atoms with Crippen LogP contribution in [-0.4, -0.2) is 49.7 Å². The second-order valence-corrected chi connectivity index (χ2v) is 3.84. The summed E-state index contributed by atoms with van der Waals surface area (Å²) in [4.78, 5) is 13.7. The molecule has 1 unspecified atom stereocenters. The highest BCUT2D eigenvalue weighted by atomic mass is 16.5.